The van der Waals surface area contributed by atoms with E-state index >= 15 is 0 Å². The van der Waals surface area contributed by atoms with E-state index in [0.717, 1.165) is 14.2 Å². The number of aliphatic hydroxyl groups is 1. The quantitative estimate of drug-likeness (QED) is 0.202. The van der Waals surface area contributed by atoms with Gasteiger partial charge in [0.15, 0.2) is 5.78 Å². The SMILES string of the molecule is COC(=O)CCC(=O)C(C(=O)OC)=C(O)CCC(=O)Nc1ccc(Cl)cc1Cl. The first-order valence-corrected chi connectivity index (χ1v) is 8.80. The molecule has 28 heavy (non-hydrogen) atoms. The molecule has 10 heteroatoms. The summed E-state index contributed by atoms with van der Waals surface area (Å²) in [5.41, 5.74) is -0.286. The molecule has 2 N–H and O–H groups in total. The molecule has 1 aromatic rings. The zero-order valence-corrected chi connectivity index (χ0v) is 16.7. The normalized spacial score (nSPS) is 11.3. The molecule has 0 heterocycles. The lowest BCUT2D eigenvalue weighted by molar-refractivity contribution is -0.143. The number of halogens is 2. The lowest BCUT2D eigenvalue weighted by Crippen LogP contribution is -2.19. The molecule has 0 spiro atoms. The molecule has 0 saturated carbocycles. The molecule has 0 aliphatic heterocycles. The van der Waals surface area contributed by atoms with Crippen LogP contribution in [-0.2, 0) is 28.7 Å². The Bertz CT molecular complexity index is 805. The fraction of sp³-hybridized carbons (Fsp3) is 0.333. The number of aliphatic hydroxyl groups excluding tert-OH is 1. The number of ether oxygens (including phenoxy) is 2. The molecule has 0 aromatic heterocycles. The Morgan fingerprint density at radius 1 is 1.00 bits per heavy atom. The van der Waals surface area contributed by atoms with Gasteiger partial charge >= 0.3 is 11.9 Å². The van der Waals surface area contributed by atoms with Gasteiger partial charge in [-0.05, 0) is 18.2 Å². The molecule has 8 nitrogen and oxygen atoms in total. The van der Waals surface area contributed by atoms with Gasteiger partial charge in [-0.2, -0.15) is 0 Å². The first kappa shape index (κ1) is 23.5. The van der Waals surface area contributed by atoms with E-state index in [9.17, 15) is 24.3 Å². The van der Waals surface area contributed by atoms with E-state index in [2.05, 4.69) is 14.8 Å². The lowest BCUT2D eigenvalue weighted by Gasteiger charge is -2.10. The Morgan fingerprint density at radius 2 is 1.68 bits per heavy atom. The van der Waals surface area contributed by atoms with E-state index in [1.165, 1.54) is 18.2 Å². The van der Waals surface area contributed by atoms with E-state index in [-0.39, 0.29) is 30.7 Å². The highest BCUT2D eigenvalue weighted by Gasteiger charge is 2.25. The number of hydrogen-bond donors (Lipinski definition) is 2. The van der Waals surface area contributed by atoms with E-state index in [1.807, 2.05) is 0 Å². The van der Waals surface area contributed by atoms with Gasteiger partial charge in [-0.3, -0.25) is 14.4 Å². The second-order valence-corrected chi connectivity index (χ2v) is 6.33. The summed E-state index contributed by atoms with van der Waals surface area (Å²) in [7, 11) is 2.20. The van der Waals surface area contributed by atoms with Crippen molar-refractivity contribution < 1.29 is 33.8 Å². The molecule has 1 rings (SSSR count). The number of rotatable bonds is 9. The van der Waals surface area contributed by atoms with Gasteiger partial charge in [-0.15, -0.1) is 0 Å². The van der Waals surface area contributed by atoms with Crippen LogP contribution in [0.25, 0.3) is 0 Å². The van der Waals surface area contributed by atoms with Crippen LogP contribution >= 0.6 is 23.2 Å². The number of anilines is 1. The number of allylic oxidation sites excluding steroid dienone is 1. The molecule has 0 aliphatic rings. The smallest absolute Gasteiger partial charge is 0.344 e. The van der Waals surface area contributed by atoms with Crippen LogP contribution in [0.15, 0.2) is 29.5 Å². The van der Waals surface area contributed by atoms with Crippen molar-refractivity contribution >= 4 is 52.5 Å². The summed E-state index contributed by atoms with van der Waals surface area (Å²) in [6, 6.07) is 4.50. The van der Waals surface area contributed by atoms with Gasteiger partial charge in [0.25, 0.3) is 0 Å². The van der Waals surface area contributed by atoms with Crippen LogP contribution in [0.4, 0.5) is 5.69 Å². The number of carbonyl (C=O) groups is 4. The Hall–Kier alpha value is -2.58. The summed E-state index contributed by atoms with van der Waals surface area (Å²) >= 11 is 11.7. The fourth-order valence-electron chi connectivity index (χ4n) is 2.10. The largest absolute Gasteiger partial charge is 0.511 e. The number of amides is 1. The highest BCUT2D eigenvalue weighted by molar-refractivity contribution is 6.36. The number of carbonyl (C=O) groups excluding carboxylic acids is 4. The molecule has 152 valence electrons. The van der Waals surface area contributed by atoms with Crippen molar-refractivity contribution in [2.45, 2.75) is 25.7 Å². The Morgan fingerprint density at radius 3 is 2.25 bits per heavy atom. The molecule has 0 saturated heterocycles. The maximum absolute atomic E-state index is 12.2. The van der Waals surface area contributed by atoms with E-state index in [4.69, 9.17) is 23.2 Å². The van der Waals surface area contributed by atoms with Gasteiger partial charge in [0, 0.05) is 24.3 Å². The third-order valence-electron chi connectivity index (χ3n) is 3.53. The average molecular weight is 432 g/mol. The number of hydrogen-bond acceptors (Lipinski definition) is 7. The number of Topliss-reactive ketones (excluding diaryl/α,β-unsaturated/α-hetero) is 1. The van der Waals surface area contributed by atoms with Gasteiger partial charge in [-0.25, -0.2) is 4.79 Å². The second-order valence-electron chi connectivity index (χ2n) is 5.48. The number of benzene rings is 1. The number of methoxy groups -OCH3 is 2. The summed E-state index contributed by atoms with van der Waals surface area (Å²) in [4.78, 5) is 47.2. The topological polar surface area (TPSA) is 119 Å². The van der Waals surface area contributed by atoms with Crippen LogP contribution in [0.3, 0.4) is 0 Å². The van der Waals surface area contributed by atoms with Crippen molar-refractivity contribution in [3.05, 3.63) is 39.6 Å². The third-order valence-corrected chi connectivity index (χ3v) is 4.08. The van der Waals surface area contributed by atoms with Crippen LogP contribution in [0.2, 0.25) is 10.0 Å². The summed E-state index contributed by atoms with van der Waals surface area (Å²) in [6.07, 6.45) is -1.16. The predicted octanol–water partition coefficient (Wildman–Crippen LogP) is 3.22. The molecular weight excluding hydrogens is 413 g/mol. The van der Waals surface area contributed by atoms with Crippen LogP contribution in [0.5, 0.6) is 0 Å². The molecule has 0 radical (unpaired) electrons. The highest BCUT2D eigenvalue weighted by Crippen LogP contribution is 2.25. The molecule has 0 bridgehead atoms. The number of ketones is 1. The maximum Gasteiger partial charge on any atom is 0.344 e. The third kappa shape index (κ3) is 7.21. The molecule has 1 aromatic carbocycles. The van der Waals surface area contributed by atoms with Crippen LogP contribution in [0.1, 0.15) is 25.7 Å². The Labute approximate surface area is 171 Å². The average Bonchev–Trinajstić information content (AvgIpc) is 2.66. The number of esters is 2. The maximum atomic E-state index is 12.2. The predicted molar refractivity (Wildman–Crippen MR) is 102 cm³/mol. The molecule has 0 unspecified atom stereocenters. The summed E-state index contributed by atoms with van der Waals surface area (Å²) < 4.78 is 8.92. The molecule has 0 atom stereocenters. The molecular formula is C18H19Cl2NO7. The monoisotopic (exact) mass is 431 g/mol. The van der Waals surface area contributed by atoms with Gasteiger partial charge in [0.1, 0.15) is 11.3 Å². The van der Waals surface area contributed by atoms with Crippen molar-refractivity contribution in [2.75, 3.05) is 19.5 Å². The van der Waals surface area contributed by atoms with Crippen LogP contribution in [-0.4, -0.2) is 43.0 Å². The van der Waals surface area contributed by atoms with E-state index < -0.39 is 35.0 Å². The molecule has 0 fully saturated rings. The minimum atomic E-state index is -1.06. The number of nitrogens with one attached hydrogen (secondary N) is 1. The minimum absolute atomic E-state index is 0.230. The van der Waals surface area contributed by atoms with Crippen molar-refractivity contribution in [1.29, 1.82) is 0 Å². The fourth-order valence-corrected chi connectivity index (χ4v) is 2.55. The van der Waals surface area contributed by atoms with Gasteiger partial charge < -0.3 is 19.9 Å². The zero-order valence-electron chi connectivity index (χ0n) is 15.2. The summed E-state index contributed by atoms with van der Waals surface area (Å²) in [5, 5.41) is 13.3. The van der Waals surface area contributed by atoms with Crippen molar-refractivity contribution in [1.82, 2.24) is 0 Å². The van der Waals surface area contributed by atoms with Gasteiger partial charge in [-0.1, -0.05) is 23.2 Å². The minimum Gasteiger partial charge on any atom is -0.511 e. The first-order valence-electron chi connectivity index (χ1n) is 8.05. The standard InChI is InChI=1S/C18H19Cl2NO7/c1-27-16(25)8-6-14(23)17(18(26)28-2)13(22)5-7-15(24)21-12-4-3-10(19)9-11(12)20/h3-4,9,22H,5-8H2,1-2H3,(H,21,24). The summed E-state index contributed by atoms with van der Waals surface area (Å²) in [6.45, 7) is 0. The van der Waals surface area contributed by atoms with E-state index in [0.29, 0.717) is 10.7 Å². The lowest BCUT2D eigenvalue weighted by atomic mass is 10.0. The highest BCUT2D eigenvalue weighted by atomic mass is 35.5. The van der Waals surface area contributed by atoms with Crippen molar-refractivity contribution in [3.63, 3.8) is 0 Å². The van der Waals surface area contributed by atoms with E-state index in [1.54, 1.807) is 0 Å². The first-order chi connectivity index (χ1) is 13.2. The van der Waals surface area contributed by atoms with Crippen molar-refractivity contribution in [3.8, 4) is 0 Å². The Balaban J connectivity index is 2.81. The molecule has 0 aliphatic carbocycles. The second kappa shape index (κ2) is 11.3. The Kier molecular flexibility index (Phi) is 9.47. The van der Waals surface area contributed by atoms with Crippen molar-refractivity contribution in [2.24, 2.45) is 0 Å². The van der Waals surface area contributed by atoms with Crippen LogP contribution in [0, 0.1) is 0 Å². The zero-order chi connectivity index (χ0) is 21.3. The van der Waals surface area contributed by atoms with Crippen LogP contribution < -0.4 is 5.32 Å². The van der Waals surface area contributed by atoms with Gasteiger partial charge in [0.05, 0.1) is 31.4 Å². The van der Waals surface area contributed by atoms with Gasteiger partial charge in [0.2, 0.25) is 5.91 Å². The summed E-state index contributed by atoms with van der Waals surface area (Å²) in [5.74, 6) is -3.62. The molecule has 1 amide bonds.